The number of nitrogens with two attached hydrogens (primary N) is 1. The molecule has 1 atom stereocenters. The first-order valence-electron chi connectivity index (χ1n) is 2.86. The van der Waals surface area contributed by atoms with Crippen LogP contribution in [0.2, 0.25) is 0 Å². The predicted molar refractivity (Wildman–Crippen MR) is 32.7 cm³/mol. The average Bonchev–Trinajstić information content (AvgIpc) is 2.48. The van der Waals surface area contributed by atoms with Crippen LogP contribution in [0.4, 0.5) is 0 Å². The highest BCUT2D eigenvalue weighted by Gasteiger charge is 2.19. The molecule has 1 aliphatic rings. The van der Waals surface area contributed by atoms with Gasteiger partial charge in [-0.2, -0.15) is 0 Å². The number of hydrogen-bond donors (Lipinski definition) is 1. The zero-order valence-corrected chi connectivity index (χ0v) is 5.04. The Labute approximate surface area is 53.5 Å². The molecule has 0 aliphatic carbocycles. The molecule has 1 aliphatic heterocycles. The highest BCUT2D eigenvalue weighted by molar-refractivity contribution is 5.85. The molecule has 0 radical (unpaired) electrons. The van der Waals surface area contributed by atoms with Gasteiger partial charge in [0, 0.05) is 0 Å². The van der Waals surface area contributed by atoms with Gasteiger partial charge in [0.15, 0.2) is 0 Å². The van der Waals surface area contributed by atoms with Crippen molar-refractivity contribution in [1.29, 1.82) is 0 Å². The van der Waals surface area contributed by atoms with Crippen molar-refractivity contribution in [2.24, 2.45) is 5.73 Å². The number of carbonyl (C=O) groups excluding carboxylic acids is 1. The van der Waals surface area contributed by atoms with Crippen LogP contribution >= 0.6 is 0 Å². The first-order chi connectivity index (χ1) is 4.29. The summed E-state index contributed by atoms with van der Waals surface area (Å²) in [6, 6.07) is 0. The minimum Gasteiger partial charge on any atom is -0.373 e. The molecule has 0 aromatic carbocycles. The number of ether oxygens (including phenoxy) is 1. The second kappa shape index (κ2) is 2.64. The second-order valence-electron chi connectivity index (χ2n) is 2.00. The van der Waals surface area contributed by atoms with Crippen molar-refractivity contribution in [3.63, 3.8) is 0 Å². The molecule has 9 heavy (non-hydrogen) atoms. The largest absolute Gasteiger partial charge is 0.373 e. The van der Waals surface area contributed by atoms with Crippen LogP contribution in [0.1, 0.15) is 6.42 Å². The Morgan fingerprint density at radius 1 is 1.89 bits per heavy atom. The first-order valence-corrected chi connectivity index (χ1v) is 2.86. The van der Waals surface area contributed by atoms with E-state index in [1.54, 1.807) is 6.08 Å². The Hall–Kier alpha value is -0.830. The van der Waals surface area contributed by atoms with Crippen molar-refractivity contribution in [1.82, 2.24) is 0 Å². The minimum atomic E-state index is -0.393. The quantitative estimate of drug-likeness (QED) is 0.422. The maximum absolute atomic E-state index is 10.1. The van der Waals surface area contributed by atoms with Crippen molar-refractivity contribution >= 4 is 5.91 Å². The van der Waals surface area contributed by atoms with Crippen molar-refractivity contribution in [3.8, 4) is 0 Å². The summed E-state index contributed by atoms with van der Waals surface area (Å²) < 4.78 is 4.89. The summed E-state index contributed by atoms with van der Waals surface area (Å²) >= 11 is 0. The van der Waals surface area contributed by atoms with E-state index in [0.717, 1.165) is 13.0 Å². The Morgan fingerprint density at radius 2 is 2.56 bits per heavy atom. The van der Waals surface area contributed by atoms with Crippen molar-refractivity contribution < 1.29 is 9.53 Å². The van der Waals surface area contributed by atoms with Crippen molar-refractivity contribution in [3.05, 3.63) is 12.2 Å². The molecule has 1 fully saturated rings. The van der Waals surface area contributed by atoms with Crippen LogP contribution in [0, 0.1) is 0 Å². The second-order valence-corrected chi connectivity index (χ2v) is 2.00. The van der Waals surface area contributed by atoms with Crippen LogP contribution in [-0.2, 0) is 9.53 Å². The van der Waals surface area contributed by atoms with E-state index in [1.165, 1.54) is 6.08 Å². The number of primary amides is 1. The summed E-state index contributed by atoms with van der Waals surface area (Å²) in [6.45, 7) is 0.823. The maximum Gasteiger partial charge on any atom is 0.241 e. The molecule has 1 unspecified atom stereocenters. The van der Waals surface area contributed by atoms with Crippen LogP contribution in [-0.4, -0.2) is 18.6 Å². The van der Waals surface area contributed by atoms with Crippen LogP contribution in [0.15, 0.2) is 12.2 Å². The van der Waals surface area contributed by atoms with E-state index in [1.807, 2.05) is 0 Å². The van der Waals surface area contributed by atoms with E-state index in [4.69, 9.17) is 10.5 Å². The van der Waals surface area contributed by atoms with Gasteiger partial charge < -0.3 is 10.5 Å². The Morgan fingerprint density at radius 3 is 3.00 bits per heavy atom. The lowest BCUT2D eigenvalue weighted by Gasteiger charge is -1.80. The molecule has 3 nitrogen and oxygen atoms in total. The zero-order chi connectivity index (χ0) is 6.69. The maximum atomic E-state index is 10.1. The fourth-order valence-electron chi connectivity index (χ4n) is 0.540. The van der Waals surface area contributed by atoms with Crippen molar-refractivity contribution in [2.75, 3.05) is 6.61 Å². The molecule has 0 bridgehead atoms. The SMILES string of the molecule is NC(=O)C=CCC1CO1. The zero-order valence-electron chi connectivity index (χ0n) is 5.04. The van der Waals surface area contributed by atoms with Gasteiger partial charge in [0.2, 0.25) is 5.91 Å². The molecule has 3 heteroatoms. The van der Waals surface area contributed by atoms with Gasteiger partial charge in [-0.25, -0.2) is 0 Å². The summed E-state index contributed by atoms with van der Waals surface area (Å²) in [6.07, 6.45) is 4.26. The van der Waals surface area contributed by atoms with E-state index in [-0.39, 0.29) is 0 Å². The Balaban J connectivity index is 2.08. The molecular weight excluding hydrogens is 118 g/mol. The lowest BCUT2D eigenvalue weighted by molar-refractivity contribution is -0.113. The lowest BCUT2D eigenvalue weighted by atomic mass is 10.3. The van der Waals surface area contributed by atoms with Gasteiger partial charge in [0.1, 0.15) is 0 Å². The summed E-state index contributed by atoms with van der Waals surface area (Å²) in [5.41, 5.74) is 4.83. The molecule has 1 heterocycles. The first kappa shape index (κ1) is 6.29. The van der Waals surface area contributed by atoms with Gasteiger partial charge in [-0.15, -0.1) is 0 Å². The Bertz CT molecular complexity index is 138. The predicted octanol–water partition coefficient (Wildman–Crippen LogP) is -0.183. The molecule has 0 aromatic heterocycles. The van der Waals surface area contributed by atoms with Gasteiger partial charge in [-0.1, -0.05) is 6.08 Å². The fourth-order valence-corrected chi connectivity index (χ4v) is 0.540. The third-order valence-corrected chi connectivity index (χ3v) is 1.08. The lowest BCUT2D eigenvalue weighted by Crippen LogP contribution is -2.05. The third kappa shape index (κ3) is 2.87. The van der Waals surface area contributed by atoms with E-state index in [9.17, 15) is 4.79 Å². The Kier molecular flexibility index (Phi) is 1.85. The standard InChI is InChI=1S/C6H9NO2/c7-6(8)3-1-2-5-4-9-5/h1,3,5H,2,4H2,(H2,7,8). The van der Waals surface area contributed by atoms with E-state index in [0.29, 0.717) is 6.10 Å². The van der Waals surface area contributed by atoms with Crippen molar-refractivity contribution in [2.45, 2.75) is 12.5 Å². The minimum absolute atomic E-state index is 0.348. The third-order valence-electron chi connectivity index (χ3n) is 1.08. The topological polar surface area (TPSA) is 55.6 Å². The molecule has 0 aromatic rings. The summed E-state index contributed by atoms with van der Waals surface area (Å²) in [5, 5.41) is 0. The monoisotopic (exact) mass is 127 g/mol. The molecule has 0 spiro atoms. The van der Waals surface area contributed by atoms with E-state index < -0.39 is 5.91 Å². The highest BCUT2D eigenvalue weighted by Crippen LogP contribution is 2.12. The van der Waals surface area contributed by atoms with Crippen LogP contribution < -0.4 is 5.73 Å². The van der Waals surface area contributed by atoms with E-state index in [2.05, 4.69) is 0 Å². The summed E-state index contributed by atoms with van der Waals surface area (Å²) in [7, 11) is 0. The van der Waals surface area contributed by atoms with Gasteiger partial charge in [0.25, 0.3) is 0 Å². The molecule has 1 amide bonds. The molecule has 50 valence electrons. The number of hydrogen-bond acceptors (Lipinski definition) is 2. The number of rotatable bonds is 3. The highest BCUT2D eigenvalue weighted by atomic mass is 16.6. The number of carbonyl (C=O) groups is 1. The van der Waals surface area contributed by atoms with Crippen LogP contribution in [0.25, 0.3) is 0 Å². The molecule has 2 N–H and O–H groups in total. The summed E-state index contributed by atoms with van der Waals surface area (Å²) in [5.74, 6) is -0.393. The van der Waals surface area contributed by atoms with E-state index >= 15 is 0 Å². The molecule has 1 saturated heterocycles. The van der Waals surface area contributed by atoms with Gasteiger partial charge in [-0.3, -0.25) is 4.79 Å². The molecule has 0 saturated carbocycles. The van der Waals surface area contributed by atoms with Gasteiger partial charge in [-0.05, 0) is 12.5 Å². The molecular formula is C6H9NO2. The number of epoxide rings is 1. The average molecular weight is 127 g/mol. The smallest absolute Gasteiger partial charge is 0.241 e. The van der Waals surface area contributed by atoms with Gasteiger partial charge >= 0.3 is 0 Å². The summed E-state index contributed by atoms with van der Waals surface area (Å²) in [4.78, 5) is 10.1. The normalized spacial score (nSPS) is 24.7. The number of amides is 1. The van der Waals surface area contributed by atoms with Crippen LogP contribution in [0.3, 0.4) is 0 Å². The molecule has 1 rings (SSSR count). The van der Waals surface area contributed by atoms with Crippen LogP contribution in [0.5, 0.6) is 0 Å². The van der Waals surface area contributed by atoms with Gasteiger partial charge in [0.05, 0.1) is 12.7 Å². The fraction of sp³-hybridized carbons (Fsp3) is 0.500.